The molecule has 5 nitrogen and oxygen atoms in total. The number of carbonyl (C=O) groups excluding carboxylic acids is 2. The molecule has 1 aliphatic heterocycles. The van der Waals surface area contributed by atoms with E-state index in [1.807, 2.05) is 67.6 Å². The molecule has 34 heavy (non-hydrogen) atoms. The predicted molar refractivity (Wildman–Crippen MR) is 145 cm³/mol. The summed E-state index contributed by atoms with van der Waals surface area (Å²) < 4.78 is 0.359. The third-order valence-electron chi connectivity index (χ3n) is 4.85. The molecule has 0 aliphatic carbocycles. The van der Waals surface area contributed by atoms with E-state index in [0.29, 0.717) is 25.8 Å². The number of nitrogens with zero attached hydrogens (tertiary/aromatic N) is 2. The maximum atomic E-state index is 12.8. The summed E-state index contributed by atoms with van der Waals surface area (Å²) in [4.78, 5) is 32.5. The van der Waals surface area contributed by atoms with Gasteiger partial charge in [0.1, 0.15) is 10.9 Å². The highest BCUT2D eigenvalue weighted by Crippen LogP contribution is 2.32. The molecule has 1 fully saturated rings. The number of thioether (sulfide) groups is 1. The first-order valence-corrected chi connectivity index (χ1v) is 12.8. The normalized spacial score (nSPS) is 15.3. The SMILES string of the molecule is CC(=Cc1ccccc1)C=C1SC(=S)N(CC(=O)Nc2ncc(Cc3ccccc3Cl)s2)C1=O. The number of benzene rings is 2. The molecule has 3 aromatic rings. The van der Waals surface area contributed by atoms with Crippen molar-refractivity contribution >= 4 is 74.3 Å². The molecular weight excluding hydrogens is 506 g/mol. The number of allylic oxidation sites excluding steroid dienone is 2. The Morgan fingerprint density at radius 3 is 2.68 bits per heavy atom. The summed E-state index contributed by atoms with van der Waals surface area (Å²) >= 11 is 14.1. The predicted octanol–water partition coefficient (Wildman–Crippen LogP) is 6.17. The number of anilines is 1. The number of hydrogen-bond donors (Lipinski definition) is 1. The largest absolute Gasteiger partial charge is 0.300 e. The van der Waals surface area contributed by atoms with E-state index < -0.39 is 0 Å². The van der Waals surface area contributed by atoms with E-state index in [2.05, 4.69) is 10.3 Å². The van der Waals surface area contributed by atoms with Gasteiger partial charge < -0.3 is 5.32 Å². The van der Waals surface area contributed by atoms with Crippen molar-refractivity contribution in [1.29, 1.82) is 0 Å². The Balaban J connectivity index is 1.36. The molecule has 1 aromatic heterocycles. The van der Waals surface area contributed by atoms with Gasteiger partial charge in [-0.05, 0) is 35.8 Å². The monoisotopic (exact) mass is 525 g/mol. The summed E-state index contributed by atoms with van der Waals surface area (Å²) in [6.45, 7) is 1.76. The van der Waals surface area contributed by atoms with E-state index in [0.717, 1.165) is 21.6 Å². The lowest BCUT2D eigenvalue weighted by atomic mass is 10.1. The number of halogens is 1. The van der Waals surface area contributed by atoms with Crippen molar-refractivity contribution in [2.75, 3.05) is 11.9 Å². The minimum atomic E-state index is -0.354. The summed E-state index contributed by atoms with van der Waals surface area (Å²) in [5, 5.41) is 3.92. The molecule has 1 N–H and O–H groups in total. The van der Waals surface area contributed by atoms with Gasteiger partial charge in [0.15, 0.2) is 5.13 Å². The Morgan fingerprint density at radius 1 is 1.18 bits per heavy atom. The Morgan fingerprint density at radius 2 is 1.91 bits per heavy atom. The van der Waals surface area contributed by atoms with E-state index in [1.165, 1.54) is 28.0 Å². The van der Waals surface area contributed by atoms with Crippen molar-refractivity contribution in [3.05, 3.63) is 98.4 Å². The quantitative estimate of drug-likeness (QED) is 0.295. The maximum Gasteiger partial charge on any atom is 0.266 e. The Labute approximate surface area is 216 Å². The van der Waals surface area contributed by atoms with Crippen molar-refractivity contribution in [2.45, 2.75) is 13.3 Å². The van der Waals surface area contributed by atoms with Gasteiger partial charge in [-0.25, -0.2) is 4.98 Å². The number of amides is 2. The van der Waals surface area contributed by atoms with Crippen LogP contribution in [0.5, 0.6) is 0 Å². The summed E-state index contributed by atoms with van der Waals surface area (Å²) in [5.74, 6) is -0.628. The zero-order chi connectivity index (χ0) is 24.1. The minimum absolute atomic E-state index is 0.164. The zero-order valence-corrected chi connectivity index (χ0v) is 21.4. The maximum absolute atomic E-state index is 12.8. The van der Waals surface area contributed by atoms with E-state index in [1.54, 1.807) is 12.3 Å². The Hall–Kier alpha value is -2.78. The first-order valence-electron chi connectivity index (χ1n) is 10.4. The fraction of sp³-hybridized carbons (Fsp3) is 0.120. The molecular formula is C25H20ClN3O2S3. The lowest BCUT2D eigenvalue weighted by Crippen LogP contribution is -2.36. The van der Waals surface area contributed by atoms with Crippen molar-refractivity contribution in [1.82, 2.24) is 9.88 Å². The van der Waals surface area contributed by atoms with Crippen LogP contribution in [0.4, 0.5) is 5.13 Å². The number of thiazole rings is 1. The van der Waals surface area contributed by atoms with Crippen molar-refractivity contribution in [2.24, 2.45) is 0 Å². The molecule has 2 amide bonds. The van der Waals surface area contributed by atoms with Crippen LogP contribution in [-0.4, -0.2) is 32.6 Å². The topological polar surface area (TPSA) is 62.3 Å². The van der Waals surface area contributed by atoms with Crippen LogP contribution in [0.25, 0.3) is 6.08 Å². The number of thiocarbonyl (C=S) groups is 1. The third-order valence-corrected chi connectivity index (χ3v) is 7.51. The van der Waals surface area contributed by atoms with Crippen LogP contribution in [0.1, 0.15) is 22.9 Å². The molecule has 0 spiro atoms. The molecule has 2 aromatic carbocycles. The van der Waals surface area contributed by atoms with Crippen LogP contribution in [-0.2, 0) is 16.0 Å². The molecule has 0 saturated carbocycles. The van der Waals surface area contributed by atoms with Crippen molar-refractivity contribution < 1.29 is 9.59 Å². The fourth-order valence-electron chi connectivity index (χ4n) is 3.28. The van der Waals surface area contributed by atoms with Crippen molar-refractivity contribution in [3.8, 4) is 0 Å². The zero-order valence-electron chi connectivity index (χ0n) is 18.2. The summed E-state index contributed by atoms with van der Waals surface area (Å²) in [5.41, 5.74) is 2.96. The smallest absolute Gasteiger partial charge is 0.266 e. The van der Waals surface area contributed by atoms with Gasteiger partial charge >= 0.3 is 0 Å². The van der Waals surface area contributed by atoms with Gasteiger partial charge in [0, 0.05) is 22.5 Å². The first-order chi connectivity index (χ1) is 16.4. The van der Waals surface area contributed by atoms with E-state index in [4.69, 9.17) is 23.8 Å². The van der Waals surface area contributed by atoms with Crippen LogP contribution in [0, 0.1) is 0 Å². The number of aromatic nitrogens is 1. The van der Waals surface area contributed by atoms with Gasteiger partial charge in [0.2, 0.25) is 5.91 Å². The molecule has 0 radical (unpaired) electrons. The highest BCUT2D eigenvalue weighted by molar-refractivity contribution is 8.26. The van der Waals surface area contributed by atoms with Crippen LogP contribution in [0.15, 0.2) is 77.3 Å². The average molecular weight is 526 g/mol. The second kappa shape index (κ2) is 11.1. The second-order valence-electron chi connectivity index (χ2n) is 7.51. The number of carbonyl (C=O) groups is 2. The Kier molecular flexibility index (Phi) is 7.95. The number of nitrogens with one attached hydrogen (secondary N) is 1. The van der Waals surface area contributed by atoms with Gasteiger partial charge in [0.25, 0.3) is 5.91 Å². The summed E-state index contributed by atoms with van der Waals surface area (Å²) in [6.07, 6.45) is 6.13. The molecule has 0 bridgehead atoms. The molecule has 1 aliphatic rings. The highest BCUT2D eigenvalue weighted by Gasteiger charge is 2.33. The molecule has 0 unspecified atom stereocenters. The summed E-state index contributed by atoms with van der Waals surface area (Å²) in [7, 11) is 0. The molecule has 2 heterocycles. The number of hydrogen-bond acceptors (Lipinski definition) is 6. The molecule has 0 atom stereocenters. The molecule has 9 heteroatoms. The van der Waals surface area contributed by atoms with Gasteiger partial charge in [-0.2, -0.15) is 0 Å². The van der Waals surface area contributed by atoms with Crippen LogP contribution >= 0.6 is 46.9 Å². The van der Waals surface area contributed by atoms with E-state index in [9.17, 15) is 9.59 Å². The van der Waals surface area contributed by atoms with Gasteiger partial charge in [-0.3, -0.25) is 14.5 Å². The number of rotatable bonds is 7. The third kappa shape index (κ3) is 6.21. The van der Waals surface area contributed by atoms with E-state index >= 15 is 0 Å². The van der Waals surface area contributed by atoms with Gasteiger partial charge in [0.05, 0.1) is 4.91 Å². The van der Waals surface area contributed by atoms with Gasteiger partial charge in [-0.1, -0.05) is 90.2 Å². The minimum Gasteiger partial charge on any atom is -0.300 e. The molecule has 1 saturated heterocycles. The fourth-order valence-corrected chi connectivity index (χ4v) is 5.63. The second-order valence-corrected chi connectivity index (χ2v) is 10.7. The molecule has 172 valence electrons. The summed E-state index contributed by atoms with van der Waals surface area (Å²) in [6, 6.07) is 17.5. The first kappa shape index (κ1) is 24.3. The van der Waals surface area contributed by atoms with E-state index in [-0.39, 0.29) is 18.4 Å². The lowest BCUT2D eigenvalue weighted by molar-refractivity contribution is -0.126. The standard InChI is InChI=1S/C25H20ClN3O2S3/c1-16(11-17-7-3-2-4-8-17)12-21-23(31)29(25(32)34-21)15-22(30)28-24-27-14-19(33-24)13-18-9-5-6-10-20(18)26/h2-12,14H,13,15H2,1H3,(H,27,28,30). The molecule has 4 rings (SSSR count). The van der Waals surface area contributed by atoms with Crippen LogP contribution in [0.3, 0.4) is 0 Å². The Bertz CT molecular complexity index is 1300. The highest BCUT2D eigenvalue weighted by atomic mass is 35.5. The average Bonchev–Trinajstić information content (AvgIpc) is 3.35. The van der Waals surface area contributed by atoms with Crippen LogP contribution in [0.2, 0.25) is 5.02 Å². The van der Waals surface area contributed by atoms with Crippen molar-refractivity contribution in [3.63, 3.8) is 0 Å². The lowest BCUT2D eigenvalue weighted by Gasteiger charge is -2.13. The van der Waals surface area contributed by atoms with Crippen LogP contribution < -0.4 is 5.32 Å². The van der Waals surface area contributed by atoms with Gasteiger partial charge in [-0.15, -0.1) is 11.3 Å².